The normalized spacial score (nSPS) is 15.6. The summed E-state index contributed by atoms with van der Waals surface area (Å²) in [5, 5.41) is 5.57. The predicted octanol–water partition coefficient (Wildman–Crippen LogP) is 2.14. The van der Waals surface area contributed by atoms with E-state index in [4.69, 9.17) is 9.47 Å². The topological polar surface area (TPSA) is 76.7 Å². The number of ether oxygens (including phenoxy) is 2. The second-order valence-corrected chi connectivity index (χ2v) is 5.75. The van der Waals surface area contributed by atoms with Gasteiger partial charge in [-0.3, -0.25) is 9.59 Å². The first-order valence-electron chi connectivity index (χ1n) is 8.12. The number of hydrogen-bond acceptors (Lipinski definition) is 4. The predicted molar refractivity (Wildman–Crippen MR) is 93.8 cm³/mol. The molecule has 0 spiro atoms. The molecule has 0 saturated heterocycles. The van der Waals surface area contributed by atoms with E-state index < -0.39 is 6.10 Å². The molecule has 1 aliphatic heterocycles. The van der Waals surface area contributed by atoms with Crippen LogP contribution in [0.1, 0.15) is 12.0 Å². The van der Waals surface area contributed by atoms with Gasteiger partial charge >= 0.3 is 0 Å². The molecule has 0 radical (unpaired) electrons. The average molecular weight is 340 g/mol. The molecular weight excluding hydrogens is 320 g/mol. The van der Waals surface area contributed by atoms with Crippen molar-refractivity contribution in [2.45, 2.75) is 18.9 Å². The number of hydrogen-bond donors (Lipinski definition) is 2. The molecule has 1 unspecified atom stereocenters. The van der Waals surface area contributed by atoms with Gasteiger partial charge in [-0.05, 0) is 36.2 Å². The minimum Gasteiger partial charge on any atom is -0.497 e. The van der Waals surface area contributed by atoms with Gasteiger partial charge in [0.05, 0.1) is 19.2 Å². The molecule has 2 aromatic rings. The molecule has 6 nitrogen and oxygen atoms in total. The molecule has 25 heavy (non-hydrogen) atoms. The van der Waals surface area contributed by atoms with E-state index in [1.807, 2.05) is 36.4 Å². The largest absolute Gasteiger partial charge is 0.497 e. The number of amides is 2. The van der Waals surface area contributed by atoms with Gasteiger partial charge in [0.1, 0.15) is 11.5 Å². The number of para-hydroxylation sites is 2. The van der Waals surface area contributed by atoms with Gasteiger partial charge < -0.3 is 20.1 Å². The first kappa shape index (κ1) is 16.8. The van der Waals surface area contributed by atoms with E-state index in [-0.39, 0.29) is 18.2 Å². The number of nitrogens with one attached hydrogen (secondary N) is 2. The van der Waals surface area contributed by atoms with E-state index >= 15 is 0 Å². The summed E-state index contributed by atoms with van der Waals surface area (Å²) in [4.78, 5) is 24.1. The fourth-order valence-electron chi connectivity index (χ4n) is 2.64. The maximum absolute atomic E-state index is 12.1. The molecule has 2 N–H and O–H groups in total. The number of carbonyl (C=O) groups is 2. The Hall–Kier alpha value is -3.02. The molecule has 0 fully saturated rings. The Morgan fingerprint density at radius 2 is 2.08 bits per heavy atom. The van der Waals surface area contributed by atoms with Crippen molar-refractivity contribution < 1.29 is 19.1 Å². The van der Waals surface area contributed by atoms with Crippen LogP contribution in [0.4, 0.5) is 5.69 Å². The van der Waals surface area contributed by atoms with Crippen LogP contribution in [-0.4, -0.2) is 31.6 Å². The van der Waals surface area contributed by atoms with Crippen molar-refractivity contribution in [3.05, 3.63) is 54.1 Å². The van der Waals surface area contributed by atoms with Crippen LogP contribution in [0, 0.1) is 0 Å². The van der Waals surface area contributed by atoms with Crippen LogP contribution in [0.3, 0.4) is 0 Å². The van der Waals surface area contributed by atoms with E-state index in [2.05, 4.69) is 10.6 Å². The third-order valence-corrected chi connectivity index (χ3v) is 3.95. The molecule has 3 rings (SSSR count). The van der Waals surface area contributed by atoms with E-state index in [1.54, 1.807) is 19.2 Å². The standard InChI is InChI=1S/C19H20N2O4/c1-24-14-6-4-5-13(11-14)9-10-20-18(22)12-17-19(23)21-15-7-2-3-8-16(15)25-17/h2-8,11,17H,9-10,12H2,1H3,(H,20,22)(H,21,23). The van der Waals surface area contributed by atoms with Gasteiger partial charge in [-0.15, -0.1) is 0 Å². The Morgan fingerprint density at radius 1 is 1.24 bits per heavy atom. The Morgan fingerprint density at radius 3 is 2.92 bits per heavy atom. The van der Waals surface area contributed by atoms with E-state index in [0.717, 1.165) is 11.3 Å². The number of anilines is 1. The number of carbonyl (C=O) groups excluding carboxylic acids is 2. The summed E-state index contributed by atoms with van der Waals surface area (Å²) in [6.45, 7) is 0.483. The highest BCUT2D eigenvalue weighted by Gasteiger charge is 2.29. The Balaban J connectivity index is 1.48. The lowest BCUT2D eigenvalue weighted by Crippen LogP contribution is -2.41. The van der Waals surface area contributed by atoms with Gasteiger partial charge in [-0.2, -0.15) is 0 Å². The first-order chi connectivity index (χ1) is 12.2. The number of methoxy groups -OCH3 is 1. The van der Waals surface area contributed by atoms with Crippen LogP contribution in [0.25, 0.3) is 0 Å². The summed E-state index contributed by atoms with van der Waals surface area (Å²) in [5.74, 6) is 0.843. The molecule has 130 valence electrons. The number of rotatable bonds is 6. The zero-order chi connectivity index (χ0) is 17.6. The summed E-state index contributed by atoms with van der Waals surface area (Å²) in [7, 11) is 1.62. The van der Waals surface area contributed by atoms with E-state index in [0.29, 0.717) is 24.4 Å². The van der Waals surface area contributed by atoms with Gasteiger partial charge in [0, 0.05) is 6.54 Å². The SMILES string of the molecule is COc1cccc(CCNC(=O)CC2Oc3ccccc3NC2=O)c1. The van der Waals surface area contributed by atoms with Crippen molar-refractivity contribution in [3.63, 3.8) is 0 Å². The molecule has 0 bridgehead atoms. The van der Waals surface area contributed by atoms with Gasteiger partial charge in [0.15, 0.2) is 6.10 Å². The number of fused-ring (bicyclic) bond motifs is 1. The summed E-state index contributed by atoms with van der Waals surface area (Å²) >= 11 is 0. The van der Waals surface area contributed by atoms with Crippen molar-refractivity contribution in [1.29, 1.82) is 0 Å². The second kappa shape index (κ2) is 7.70. The molecule has 1 atom stereocenters. The quantitative estimate of drug-likeness (QED) is 0.845. The lowest BCUT2D eigenvalue weighted by molar-refractivity contribution is -0.130. The minimum absolute atomic E-state index is 0.0156. The van der Waals surface area contributed by atoms with E-state index in [9.17, 15) is 9.59 Å². The molecule has 1 heterocycles. The highest BCUT2D eigenvalue weighted by atomic mass is 16.5. The molecule has 2 amide bonds. The highest BCUT2D eigenvalue weighted by Crippen LogP contribution is 2.29. The fourth-order valence-corrected chi connectivity index (χ4v) is 2.64. The van der Waals surface area contributed by atoms with Crippen LogP contribution in [0.5, 0.6) is 11.5 Å². The average Bonchev–Trinajstić information content (AvgIpc) is 2.62. The number of benzene rings is 2. The maximum atomic E-state index is 12.1. The summed E-state index contributed by atoms with van der Waals surface area (Å²) in [6, 6.07) is 14.9. The Kier molecular flexibility index (Phi) is 5.18. The van der Waals surface area contributed by atoms with Gasteiger partial charge in [-0.25, -0.2) is 0 Å². The minimum atomic E-state index is -0.813. The second-order valence-electron chi connectivity index (χ2n) is 5.75. The van der Waals surface area contributed by atoms with Crippen LogP contribution in [-0.2, 0) is 16.0 Å². The van der Waals surface area contributed by atoms with Crippen molar-refractivity contribution in [1.82, 2.24) is 5.32 Å². The lowest BCUT2D eigenvalue weighted by atomic mass is 10.1. The van der Waals surface area contributed by atoms with Gasteiger partial charge in [0.25, 0.3) is 5.91 Å². The van der Waals surface area contributed by atoms with Gasteiger partial charge in [-0.1, -0.05) is 24.3 Å². The van der Waals surface area contributed by atoms with Crippen LogP contribution in [0.2, 0.25) is 0 Å². The van der Waals surface area contributed by atoms with Crippen molar-refractivity contribution in [3.8, 4) is 11.5 Å². The summed E-state index contributed by atoms with van der Waals surface area (Å²) < 4.78 is 10.8. The molecule has 0 aromatic heterocycles. The molecule has 0 aliphatic carbocycles. The third-order valence-electron chi connectivity index (χ3n) is 3.95. The maximum Gasteiger partial charge on any atom is 0.266 e. The summed E-state index contributed by atoms with van der Waals surface area (Å²) in [5.41, 5.74) is 1.70. The van der Waals surface area contributed by atoms with Crippen molar-refractivity contribution in [2.24, 2.45) is 0 Å². The zero-order valence-electron chi connectivity index (χ0n) is 14.0. The molecule has 6 heteroatoms. The third kappa shape index (κ3) is 4.29. The summed E-state index contributed by atoms with van der Waals surface area (Å²) in [6.07, 6.45) is -0.145. The molecule has 0 saturated carbocycles. The molecular formula is C19H20N2O4. The van der Waals surface area contributed by atoms with E-state index in [1.165, 1.54) is 0 Å². The highest BCUT2D eigenvalue weighted by molar-refractivity contribution is 5.99. The zero-order valence-corrected chi connectivity index (χ0v) is 14.0. The first-order valence-corrected chi connectivity index (χ1v) is 8.12. The van der Waals surface area contributed by atoms with Crippen molar-refractivity contribution >= 4 is 17.5 Å². The van der Waals surface area contributed by atoms with Gasteiger partial charge in [0.2, 0.25) is 5.91 Å². The molecule has 2 aromatic carbocycles. The monoisotopic (exact) mass is 340 g/mol. The lowest BCUT2D eigenvalue weighted by Gasteiger charge is -2.25. The fraction of sp³-hybridized carbons (Fsp3) is 0.263. The molecule has 1 aliphatic rings. The van der Waals surface area contributed by atoms with Crippen LogP contribution >= 0.6 is 0 Å². The van der Waals surface area contributed by atoms with Crippen LogP contribution in [0.15, 0.2) is 48.5 Å². The Labute approximate surface area is 146 Å². The van der Waals surface area contributed by atoms with Crippen LogP contribution < -0.4 is 20.1 Å². The van der Waals surface area contributed by atoms with Crippen molar-refractivity contribution in [2.75, 3.05) is 19.0 Å². The Bertz CT molecular complexity index is 776. The smallest absolute Gasteiger partial charge is 0.266 e.